The van der Waals surface area contributed by atoms with E-state index in [9.17, 15) is 21.6 Å². The predicted molar refractivity (Wildman–Crippen MR) is 67.7 cm³/mol. The summed E-state index contributed by atoms with van der Waals surface area (Å²) in [6.45, 7) is 0.601. The molecule has 3 nitrogen and oxygen atoms in total. The third-order valence-electron chi connectivity index (χ3n) is 3.13. The second-order valence-electron chi connectivity index (χ2n) is 4.54. The SMILES string of the molecule is O=S(=O)(CCC(F)(F)F)N1CCC(c2cccs2)C1. The quantitative estimate of drug-likeness (QED) is 0.857. The summed E-state index contributed by atoms with van der Waals surface area (Å²) in [6, 6.07) is 3.82. The van der Waals surface area contributed by atoms with E-state index in [1.807, 2.05) is 17.5 Å². The van der Waals surface area contributed by atoms with Crippen LogP contribution in [0.15, 0.2) is 17.5 Å². The van der Waals surface area contributed by atoms with Crippen molar-refractivity contribution in [3.8, 4) is 0 Å². The average molecular weight is 313 g/mol. The number of alkyl halides is 3. The minimum absolute atomic E-state index is 0.112. The Bertz CT molecular complexity index is 511. The number of nitrogens with zero attached hydrogens (tertiary/aromatic N) is 1. The molecule has 2 heterocycles. The number of sulfonamides is 1. The van der Waals surface area contributed by atoms with Crippen LogP contribution in [0.25, 0.3) is 0 Å². The van der Waals surface area contributed by atoms with Crippen molar-refractivity contribution >= 4 is 21.4 Å². The molecule has 0 aliphatic carbocycles. The first kappa shape index (κ1) is 14.8. The zero-order valence-corrected chi connectivity index (χ0v) is 11.7. The lowest BCUT2D eigenvalue weighted by molar-refractivity contribution is -0.130. The van der Waals surface area contributed by atoms with E-state index >= 15 is 0 Å². The van der Waals surface area contributed by atoms with E-state index < -0.39 is 28.4 Å². The Balaban J connectivity index is 1.96. The highest BCUT2D eigenvalue weighted by atomic mass is 32.2. The second kappa shape index (κ2) is 5.41. The van der Waals surface area contributed by atoms with Crippen molar-refractivity contribution in [1.82, 2.24) is 4.31 Å². The van der Waals surface area contributed by atoms with E-state index in [0.717, 1.165) is 4.88 Å². The highest BCUT2D eigenvalue weighted by molar-refractivity contribution is 7.89. The third-order valence-corrected chi connectivity index (χ3v) is 6.01. The summed E-state index contributed by atoms with van der Waals surface area (Å²) >= 11 is 1.55. The minimum atomic E-state index is -4.43. The van der Waals surface area contributed by atoms with Gasteiger partial charge in [0.15, 0.2) is 0 Å². The molecular formula is C11H14F3NO2S2. The van der Waals surface area contributed by atoms with Crippen LogP contribution in [0.1, 0.15) is 23.6 Å². The van der Waals surface area contributed by atoms with E-state index in [-0.39, 0.29) is 5.92 Å². The topological polar surface area (TPSA) is 37.4 Å². The standard InChI is InChI=1S/C11H14F3NO2S2/c12-11(13,14)4-7-19(16,17)15-5-3-9(8-15)10-2-1-6-18-10/h1-2,6,9H,3-5,7-8H2. The van der Waals surface area contributed by atoms with Crippen LogP contribution in [0.4, 0.5) is 13.2 Å². The van der Waals surface area contributed by atoms with Gasteiger partial charge in [0.1, 0.15) is 0 Å². The summed E-state index contributed by atoms with van der Waals surface area (Å²) in [6.07, 6.45) is -5.04. The Morgan fingerprint density at radius 3 is 2.74 bits per heavy atom. The van der Waals surface area contributed by atoms with Crippen molar-refractivity contribution in [3.63, 3.8) is 0 Å². The van der Waals surface area contributed by atoms with Gasteiger partial charge in [-0.2, -0.15) is 13.2 Å². The van der Waals surface area contributed by atoms with Gasteiger partial charge in [-0.05, 0) is 17.9 Å². The maximum Gasteiger partial charge on any atom is 0.390 e. The van der Waals surface area contributed by atoms with E-state index in [4.69, 9.17) is 0 Å². The second-order valence-corrected chi connectivity index (χ2v) is 7.61. The Morgan fingerprint density at radius 2 is 2.16 bits per heavy atom. The monoisotopic (exact) mass is 313 g/mol. The van der Waals surface area contributed by atoms with Gasteiger partial charge in [0, 0.05) is 23.9 Å². The normalized spacial score (nSPS) is 21.9. The maximum absolute atomic E-state index is 12.1. The van der Waals surface area contributed by atoms with Crippen molar-refractivity contribution in [2.24, 2.45) is 0 Å². The summed E-state index contributed by atoms with van der Waals surface area (Å²) in [5.41, 5.74) is 0. The van der Waals surface area contributed by atoms with Gasteiger partial charge in [-0.3, -0.25) is 0 Å². The molecule has 19 heavy (non-hydrogen) atoms. The number of thiophene rings is 1. The molecule has 0 radical (unpaired) electrons. The molecule has 1 unspecified atom stereocenters. The molecule has 1 fully saturated rings. The average Bonchev–Trinajstić information content (AvgIpc) is 2.96. The summed E-state index contributed by atoms with van der Waals surface area (Å²) in [5.74, 6) is -0.742. The smallest absolute Gasteiger partial charge is 0.212 e. The van der Waals surface area contributed by atoms with Gasteiger partial charge in [-0.25, -0.2) is 12.7 Å². The molecule has 1 aliphatic heterocycles. The minimum Gasteiger partial charge on any atom is -0.212 e. The van der Waals surface area contributed by atoms with E-state index in [2.05, 4.69) is 0 Å². The lowest BCUT2D eigenvalue weighted by atomic mass is 10.1. The molecule has 1 aliphatic rings. The van der Waals surface area contributed by atoms with Crippen LogP contribution in [0, 0.1) is 0 Å². The maximum atomic E-state index is 12.1. The van der Waals surface area contributed by atoms with E-state index in [1.54, 1.807) is 11.3 Å². The molecule has 1 aromatic heterocycles. The molecular weight excluding hydrogens is 299 g/mol. The van der Waals surface area contributed by atoms with Crippen LogP contribution >= 0.6 is 11.3 Å². The number of rotatable bonds is 4. The first-order valence-corrected chi connectivity index (χ1v) is 8.35. The number of hydrogen-bond donors (Lipinski definition) is 0. The van der Waals surface area contributed by atoms with Gasteiger partial charge < -0.3 is 0 Å². The molecule has 0 bridgehead atoms. The van der Waals surface area contributed by atoms with Gasteiger partial charge in [0.05, 0.1) is 12.2 Å². The molecule has 1 saturated heterocycles. The van der Waals surface area contributed by atoms with Crippen molar-refractivity contribution in [2.75, 3.05) is 18.8 Å². The Morgan fingerprint density at radius 1 is 1.42 bits per heavy atom. The van der Waals surface area contributed by atoms with Crippen LogP contribution in [0.3, 0.4) is 0 Å². The molecule has 1 atom stereocenters. The third kappa shape index (κ3) is 3.93. The lowest BCUT2D eigenvalue weighted by Gasteiger charge is -2.17. The number of halogens is 3. The largest absolute Gasteiger partial charge is 0.390 e. The van der Waals surface area contributed by atoms with Crippen molar-refractivity contribution < 1.29 is 21.6 Å². The molecule has 0 amide bonds. The summed E-state index contributed by atoms with van der Waals surface area (Å²) in [4.78, 5) is 1.09. The summed E-state index contributed by atoms with van der Waals surface area (Å²) < 4.78 is 61.1. The van der Waals surface area contributed by atoms with E-state index in [1.165, 1.54) is 4.31 Å². The Kier molecular flexibility index (Phi) is 4.22. The molecule has 0 saturated carbocycles. The van der Waals surface area contributed by atoms with Crippen LogP contribution in [-0.2, 0) is 10.0 Å². The first-order valence-electron chi connectivity index (χ1n) is 5.86. The van der Waals surface area contributed by atoms with Crippen LogP contribution in [0.2, 0.25) is 0 Å². The van der Waals surface area contributed by atoms with Gasteiger partial charge in [0.25, 0.3) is 0 Å². The van der Waals surface area contributed by atoms with Crippen molar-refractivity contribution in [2.45, 2.75) is 24.9 Å². The highest BCUT2D eigenvalue weighted by Crippen LogP contribution is 2.32. The number of hydrogen-bond acceptors (Lipinski definition) is 3. The molecule has 1 aromatic rings. The molecule has 2 rings (SSSR count). The molecule has 0 N–H and O–H groups in total. The first-order chi connectivity index (χ1) is 8.78. The van der Waals surface area contributed by atoms with Crippen LogP contribution in [0.5, 0.6) is 0 Å². The lowest BCUT2D eigenvalue weighted by Crippen LogP contribution is -2.32. The van der Waals surface area contributed by atoms with Crippen LogP contribution < -0.4 is 0 Å². The van der Waals surface area contributed by atoms with Gasteiger partial charge in [-0.15, -0.1) is 11.3 Å². The van der Waals surface area contributed by atoms with Crippen molar-refractivity contribution in [1.29, 1.82) is 0 Å². The van der Waals surface area contributed by atoms with E-state index in [0.29, 0.717) is 19.5 Å². The molecule has 0 aromatic carbocycles. The zero-order chi connectivity index (χ0) is 14.1. The molecule has 108 valence electrons. The Labute approximate surface area is 114 Å². The fourth-order valence-corrected chi connectivity index (χ4v) is 4.50. The van der Waals surface area contributed by atoms with Gasteiger partial charge in [0.2, 0.25) is 10.0 Å². The van der Waals surface area contributed by atoms with Crippen molar-refractivity contribution in [3.05, 3.63) is 22.4 Å². The fourth-order valence-electron chi connectivity index (χ4n) is 2.11. The fraction of sp³-hybridized carbons (Fsp3) is 0.636. The summed E-state index contributed by atoms with van der Waals surface area (Å²) in [7, 11) is -3.80. The Hall–Kier alpha value is -0.600. The van der Waals surface area contributed by atoms with Gasteiger partial charge >= 0.3 is 6.18 Å². The van der Waals surface area contributed by atoms with Crippen LogP contribution in [-0.4, -0.2) is 37.7 Å². The predicted octanol–water partition coefficient (Wildman–Crippen LogP) is 2.82. The zero-order valence-electron chi connectivity index (χ0n) is 10.1. The molecule has 0 spiro atoms. The van der Waals surface area contributed by atoms with Gasteiger partial charge in [-0.1, -0.05) is 6.07 Å². The molecule has 8 heteroatoms. The highest BCUT2D eigenvalue weighted by Gasteiger charge is 2.36. The summed E-state index contributed by atoms with van der Waals surface area (Å²) in [5, 5.41) is 1.91.